The first kappa shape index (κ1) is 13.4. The van der Waals surface area contributed by atoms with Gasteiger partial charge in [-0.15, -0.1) is 0 Å². The van der Waals surface area contributed by atoms with Crippen LogP contribution < -0.4 is 5.56 Å². The number of thioether (sulfide) groups is 1. The van der Waals surface area contributed by atoms with E-state index in [1.165, 1.54) is 0 Å². The van der Waals surface area contributed by atoms with E-state index in [0.717, 1.165) is 10.9 Å². The van der Waals surface area contributed by atoms with E-state index in [4.69, 9.17) is 11.6 Å². The van der Waals surface area contributed by atoms with Crippen molar-refractivity contribution in [1.29, 1.82) is 0 Å². The van der Waals surface area contributed by atoms with E-state index in [1.807, 2.05) is 20.8 Å². The van der Waals surface area contributed by atoms with Crippen LogP contribution in [0.4, 0.5) is 0 Å². The van der Waals surface area contributed by atoms with Crippen LogP contribution in [-0.2, 0) is 0 Å². The van der Waals surface area contributed by atoms with Crippen LogP contribution in [0.1, 0.15) is 26.8 Å². The molecule has 96 valence electrons. The van der Waals surface area contributed by atoms with Gasteiger partial charge in [0.25, 0.3) is 5.56 Å². The van der Waals surface area contributed by atoms with Crippen LogP contribution in [0.15, 0.2) is 28.2 Å². The summed E-state index contributed by atoms with van der Waals surface area (Å²) in [6.07, 6.45) is 0. The molecule has 0 N–H and O–H groups in total. The number of fused-ring (bicyclic) bond motifs is 1. The molecule has 0 aliphatic rings. The summed E-state index contributed by atoms with van der Waals surface area (Å²) in [6, 6.07) is 5.30. The summed E-state index contributed by atoms with van der Waals surface area (Å²) < 4.78 is 1.74. The molecule has 0 saturated heterocycles. The summed E-state index contributed by atoms with van der Waals surface area (Å²) in [4.78, 5) is 17.0. The molecular formula is C13H15ClN2OS. The number of halogens is 1. The minimum Gasteiger partial charge on any atom is -0.285 e. The first-order valence-corrected chi connectivity index (χ1v) is 7.25. The van der Waals surface area contributed by atoms with Gasteiger partial charge in [0.2, 0.25) is 0 Å². The number of benzene rings is 1. The monoisotopic (exact) mass is 282 g/mol. The van der Waals surface area contributed by atoms with E-state index in [-0.39, 0.29) is 11.6 Å². The SMILES string of the molecule is CCSc1nc2cc(Cl)ccc2c(=O)n1C(C)C. The largest absolute Gasteiger partial charge is 0.285 e. The van der Waals surface area contributed by atoms with Crippen molar-refractivity contribution in [3.8, 4) is 0 Å². The van der Waals surface area contributed by atoms with Gasteiger partial charge in [0, 0.05) is 11.1 Å². The van der Waals surface area contributed by atoms with Gasteiger partial charge in [-0.2, -0.15) is 0 Å². The van der Waals surface area contributed by atoms with Gasteiger partial charge in [-0.1, -0.05) is 30.3 Å². The van der Waals surface area contributed by atoms with Crippen molar-refractivity contribution in [3.63, 3.8) is 0 Å². The Balaban J connectivity index is 2.81. The van der Waals surface area contributed by atoms with E-state index in [1.54, 1.807) is 34.5 Å². The summed E-state index contributed by atoms with van der Waals surface area (Å²) >= 11 is 7.52. The van der Waals surface area contributed by atoms with Crippen molar-refractivity contribution in [3.05, 3.63) is 33.6 Å². The Morgan fingerprint density at radius 3 is 2.78 bits per heavy atom. The molecule has 1 heterocycles. The molecule has 0 aliphatic carbocycles. The van der Waals surface area contributed by atoms with Crippen LogP contribution in [0.5, 0.6) is 0 Å². The van der Waals surface area contributed by atoms with Crippen molar-refractivity contribution >= 4 is 34.3 Å². The lowest BCUT2D eigenvalue weighted by atomic mass is 10.2. The lowest BCUT2D eigenvalue weighted by Gasteiger charge is -2.15. The fourth-order valence-corrected chi connectivity index (χ4v) is 2.86. The highest BCUT2D eigenvalue weighted by Gasteiger charge is 2.13. The molecule has 0 amide bonds. The number of aromatic nitrogens is 2. The van der Waals surface area contributed by atoms with Crippen molar-refractivity contribution in [1.82, 2.24) is 9.55 Å². The van der Waals surface area contributed by atoms with E-state index in [2.05, 4.69) is 4.98 Å². The predicted molar refractivity (Wildman–Crippen MR) is 77.8 cm³/mol. The molecule has 0 unspecified atom stereocenters. The second-order valence-corrected chi connectivity index (χ2v) is 5.93. The van der Waals surface area contributed by atoms with E-state index in [0.29, 0.717) is 15.9 Å². The standard InChI is InChI=1S/C13H15ClN2OS/c1-4-18-13-15-11-7-9(14)5-6-10(11)12(17)16(13)8(2)3/h5-8H,4H2,1-3H3. The van der Waals surface area contributed by atoms with Crippen LogP contribution >= 0.6 is 23.4 Å². The Hall–Kier alpha value is -1.00. The molecule has 0 spiro atoms. The molecule has 0 atom stereocenters. The first-order chi connectivity index (χ1) is 8.54. The topological polar surface area (TPSA) is 34.9 Å². The molecule has 18 heavy (non-hydrogen) atoms. The lowest BCUT2D eigenvalue weighted by molar-refractivity contribution is 0.519. The highest BCUT2D eigenvalue weighted by atomic mass is 35.5. The van der Waals surface area contributed by atoms with Crippen molar-refractivity contribution in [2.45, 2.75) is 32.0 Å². The smallest absolute Gasteiger partial charge is 0.262 e. The minimum absolute atomic E-state index is 0.00242. The maximum absolute atomic E-state index is 12.4. The molecule has 0 fully saturated rings. The second-order valence-electron chi connectivity index (χ2n) is 4.26. The van der Waals surface area contributed by atoms with Crippen molar-refractivity contribution in [2.75, 3.05) is 5.75 Å². The molecule has 1 aromatic carbocycles. The molecule has 5 heteroatoms. The summed E-state index contributed by atoms with van der Waals surface area (Å²) in [5.74, 6) is 0.880. The normalized spacial score (nSPS) is 11.4. The maximum atomic E-state index is 12.4. The third-order valence-corrected chi connectivity index (χ3v) is 3.69. The average molecular weight is 283 g/mol. The zero-order valence-electron chi connectivity index (χ0n) is 10.6. The average Bonchev–Trinajstić information content (AvgIpc) is 2.28. The Bertz CT molecular complexity index is 637. The molecule has 0 aliphatic heterocycles. The van der Waals surface area contributed by atoms with Crippen LogP contribution in [0.2, 0.25) is 5.02 Å². The van der Waals surface area contributed by atoms with Gasteiger partial charge in [-0.05, 0) is 37.8 Å². The number of rotatable bonds is 3. The third kappa shape index (κ3) is 2.40. The van der Waals surface area contributed by atoms with Gasteiger partial charge < -0.3 is 0 Å². The van der Waals surface area contributed by atoms with Gasteiger partial charge in [-0.3, -0.25) is 9.36 Å². The van der Waals surface area contributed by atoms with Gasteiger partial charge >= 0.3 is 0 Å². The first-order valence-electron chi connectivity index (χ1n) is 5.89. The van der Waals surface area contributed by atoms with Gasteiger partial charge in [0.15, 0.2) is 5.16 Å². The van der Waals surface area contributed by atoms with Gasteiger partial charge in [0.05, 0.1) is 10.9 Å². The zero-order valence-corrected chi connectivity index (χ0v) is 12.2. The molecule has 1 aromatic heterocycles. The van der Waals surface area contributed by atoms with E-state index in [9.17, 15) is 4.79 Å². The van der Waals surface area contributed by atoms with Crippen molar-refractivity contribution in [2.24, 2.45) is 0 Å². The van der Waals surface area contributed by atoms with Crippen LogP contribution in [-0.4, -0.2) is 15.3 Å². The van der Waals surface area contributed by atoms with Crippen molar-refractivity contribution < 1.29 is 0 Å². The third-order valence-electron chi connectivity index (χ3n) is 2.62. The molecule has 0 bridgehead atoms. The zero-order chi connectivity index (χ0) is 13.3. The second kappa shape index (κ2) is 5.33. The molecule has 0 radical (unpaired) electrons. The van der Waals surface area contributed by atoms with Crippen LogP contribution in [0.25, 0.3) is 10.9 Å². The molecule has 3 nitrogen and oxygen atoms in total. The summed E-state index contributed by atoms with van der Waals surface area (Å²) in [5.41, 5.74) is 0.669. The highest BCUT2D eigenvalue weighted by molar-refractivity contribution is 7.99. The fraction of sp³-hybridized carbons (Fsp3) is 0.385. The summed E-state index contributed by atoms with van der Waals surface area (Å²) in [7, 11) is 0. The summed E-state index contributed by atoms with van der Waals surface area (Å²) in [6.45, 7) is 6.03. The summed E-state index contributed by atoms with van der Waals surface area (Å²) in [5, 5.41) is 1.98. The minimum atomic E-state index is 0.00242. The number of nitrogens with zero attached hydrogens (tertiary/aromatic N) is 2. The lowest BCUT2D eigenvalue weighted by Crippen LogP contribution is -2.25. The maximum Gasteiger partial charge on any atom is 0.262 e. The molecule has 0 saturated carbocycles. The van der Waals surface area contributed by atoms with Gasteiger partial charge in [-0.25, -0.2) is 4.98 Å². The Morgan fingerprint density at radius 2 is 2.17 bits per heavy atom. The Kier molecular flexibility index (Phi) is 3.97. The number of hydrogen-bond donors (Lipinski definition) is 0. The highest BCUT2D eigenvalue weighted by Crippen LogP contribution is 2.22. The quantitative estimate of drug-likeness (QED) is 0.635. The Morgan fingerprint density at radius 1 is 1.44 bits per heavy atom. The van der Waals surface area contributed by atoms with Gasteiger partial charge in [0.1, 0.15) is 0 Å². The predicted octanol–water partition coefficient (Wildman–Crippen LogP) is 3.74. The fourth-order valence-electron chi connectivity index (χ4n) is 1.84. The molecule has 2 aromatic rings. The van der Waals surface area contributed by atoms with Crippen LogP contribution in [0, 0.1) is 0 Å². The molecular weight excluding hydrogens is 268 g/mol. The number of hydrogen-bond acceptors (Lipinski definition) is 3. The van der Waals surface area contributed by atoms with Crippen LogP contribution in [0.3, 0.4) is 0 Å². The molecule has 2 rings (SSSR count). The Labute approximate surface area is 115 Å². The van der Waals surface area contributed by atoms with E-state index < -0.39 is 0 Å². The van der Waals surface area contributed by atoms with E-state index >= 15 is 0 Å².